The van der Waals surface area contributed by atoms with Crippen LogP contribution in [-0.4, -0.2) is 19.0 Å². The van der Waals surface area contributed by atoms with E-state index in [4.69, 9.17) is 4.42 Å². The number of halogens is 1. The van der Waals surface area contributed by atoms with E-state index in [0.29, 0.717) is 23.5 Å². The molecule has 0 spiro atoms. The largest absolute Gasteiger partial charge is 0.444 e. The van der Waals surface area contributed by atoms with Gasteiger partial charge in [0.15, 0.2) is 10.4 Å². The topological polar surface area (TPSA) is 54.3 Å². The van der Waals surface area contributed by atoms with E-state index in [2.05, 4.69) is 44.8 Å². The van der Waals surface area contributed by atoms with Crippen LogP contribution in [0.5, 0.6) is 0 Å². The molecular formula is C17H15BrN2O2. The minimum absolute atomic E-state index is 0.217. The summed E-state index contributed by atoms with van der Waals surface area (Å²) in [5.41, 5.74) is 1.06. The first-order valence-corrected chi connectivity index (χ1v) is 7.78. The van der Waals surface area contributed by atoms with Gasteiger partial charge in [-0.25, -0.2) is 0 Å². The SMILES string of the molecule is O=C(NCCNc1cccc2ccccc12)c1ccc(Br)o1. The number of fused-ring (bicyclic) bond motifs is 1. The maximum absolute atomic E-state index is 11.8. The van der Waals surface area contributed by atoms with Gasteiger partial charge in [-0.1, -0.05) is 36.4 Å². The molecule has 0 unspecified atom stereocenters. The molecule has 4 nitrogen and oxygen atoms in total. The van der Waals surface area contributed by atoms with Gasteiger partial charge in [0.2, 0.25) is 0 Å². The highest BCUT2D eigenvalue weighted by Crippen LogP contribution is 2.22. The standard InChI is InChI=1S/C17H15BrN2O2/c18-16-9-8-15(22-16)17(21)20-11-10-19-14-7-3-5-12-4-1-2-6-13(12)14/h1-9,19H,10-11H2,(H,20,21). The number of rotatable bonds is 5. The highest BCUT2D eigenvalue weighted by molar-refractivity contribution is 9.10. The van der Waals surface area contributed by atoms with Crippen LogP contribution in [0.4, 0.5) is 5.69 Å². The molecule has 0 fully saturated rings. The normalized spacial score (nSPS) is 10.6. The third-order valence-corrected chi connectivity index (χ3v) is 3.74. The average Bonchev–Trinajstić information content (AvgIpc) is 2.98. The molecule has 0 bridgehead atoms. The number of anilines is 1. The molecule has 1 aromatic heterocycles. The quantitative estimate of drug-likeness (QED) is 0.676. The van der Waals surface area contributed by atoms with Crippen LogP contribution in [0.15, 0.2) is 63.7 Å². The van der Waals surface area contributed by atoms with Crippen molar-refractivity contribution >= 4 is 38.3 Å². The monoisotopic (exact) mass is 358 g/mol. The Hall–Kier alpha value is -2.27. The Morgan fingerprint density at radius 3 is 2.64 bits per heavy atom. The van der Waals surface area contributed by atoms with Crippen molar-refractivity contribution in [3.63, 3.8) is 0 Å². The van der Waals surface area contributed by atoms with Crippen molar-refractivity contribution in [1.82, 2.24) is 5.32 Å². The summed E-state index contributed by atoms with van der Waals surface area (Å²) in [5.74, 6) is 0.0856. The summed E-state index contributed by atoms with van der Waals surface area (Å²) in [6.07, 6.45) is 0. The molecule has 0 aliphatic carbocycles. The third-order valence-electron chi connectivity index (χ3n) is 3.31. The molecule has 1 amide bonds. The molecule has 0 saturated heterocycles. The third kappa shape index (κ3) is 3.31. The predicted octanol–water partition coefficient (Wildman–Crippen LogP) is 4.04. The number of carbonyl (C=O) groups is 1. The molecule has 2 aromatic carbocycles. The molecule has 0 aliphatic heterocycles. The fraction of sp³-hybridized carbons (Fsp3) is 0.118. The van der Waals surface area contributed by atoms with E-state index in [0.717, 1.165) is 5.69 Å². The van der Waals surface area contributed by atoms with Gasteiger partial charge in [-0.2, -0.15) is 0 Å². The summed E-state index contributed by atoms with van der Waals surface area (Å²) in [7, 11) is 0. The van der Waals surface area contributed by atoms with Crippen LogP contribution in [0, 0.1) is 0 Å². The van der Waals surface area contributed by atoms with E-state index < -0.39 is 0 Å². The maximum Gasteiger partial charge on any atom is 0.287 e. The van der Waals surface area contributed by atoms with E-state index >= 15 is 0 Å². The van der Waals surface area contributed by atoms with Gasteiger partial charge in [0, 0.05) is 24.2 Å². The number of hydrogen-bond donors (Lipinski definition) is 2. The zero-order valence-corrected chi connectivity index (χ0v) is 13.4. The highest BCUT2D eigenvalue weighted by Gasteiger charge is 2.09. The summed E-state index contributed by atoms with van der Waals surface area (Å²) in [6.45, 7) is 1.15. The zero-order chi connectivity index (χ0) is 15.4. The van der Waals surface area contributed by atoms with Crippen LogP contribution in [0.1, 0.15) is 10.6 Å². The molecule has 3 rings (SSSR count). The van der Waals surface area contributed by atoms with E-state index in [1.807, 2.05) is 24.3 Å². The Kier molecular flexibility index (Phi) is 4.44. The lowest BCUT2D eigenvalue weighted by atomic mass is 10.1. The van der Waals surface area contributed by atoms with Gasteiger partial charge in [-0.05, 0) is 39.5 Å². The van der Waals surface area contributed by atoms with Gasteiger partial charge < -0.3 is 15.1 Å². The van der Waals surface area contributed by atoms with Gasteiger partial charge in [0.05, 0.1) is 0 Å². The molecule has 0 saturated carbocycles. The van der Waals surface area contributed by atoms with Crippen LogP contribution in [0.25, 0.3) is 10.8 Å². The van der Waals surface area contributed by atoms with E-state index in [-0.39, 0.29) is 5.91 Å². The van der Waals surface area contributed by atoms with E-state index in [1.54, 1.807) is 12.1 Å². The van der Waals surface area contributed by atoms with Gasteiger partial charge in [-0.3, -0.25) is 4.79 Å². The minimum Gasteiger partial charge on any atom is -0.444 e. The van der Waals surface area contributed by atoms with Crippen LogP contribution >= 0.6 is 15.9 Å². The van der Waals surface area contributed by atoms with Crippen LogP contribution in [0.2, 0.25) is 0 Å². The fourth-order valence-corrected chi connectivity index (χ4v) is 2.58. The van der Waals surface area contributed by atoms with Crippen molar-refractivity contribution in [2.75, 3.05) is 18.4 Å². The van der Waals surface area contributed by atoms with Gasteiger partial charge in [-0.15, -0.1) is 0 Å². The second-order valence-electron chi connectivity index (χ2n) is 4.81. The number of benzene rings is 2. The smallest absolute Gasteiger partial charge is 0.287 e. The Balaban J connectivity index is 1.55. The molecule has 1 heterocycles. The first-order chi connectivity index (χ1) is 10.7. The van der Waals surface area contributed by atoms with Crippen LogP contribution < -0.4 is 10.6 Å². The lowest BCUT2D eigenvalue weighted by molar-refractivity contribution is 0.0926. The highest BCUT2D eigenvalue weighted by atomic mass is 79.9. The first kappa shape index (κ1) is 14.7. The van der Waals surface area contributed by atoms with Crippen molar-refractivity contribution < 1.29 is 9.21 Å². The van der Waals surface area contributed by atoms with Crippen molar-refractivity contribution in [1.29, 1.82) is 0 Å². The van der Waals surface area contributed by atoms with Crippen molar-refractivity contribution in [3.8, 4) is 0 Å². The molecular weight excluding hydrogens is 344 g/mol. The van der Waals surface area contributed by atoms with Gasteiger partial charge in [0.1, 0.15) is 0 Å². The predicted molar refractivity (Wildman–Crippen MR) is 91.2 cm³/mol. The second-order valence-corrected chi connectivity index (χ2v) is 5.59. The minimum atomic E-state index is -0.217. The number of nitrogens with one attached hydrogen (secondary N) is 2. The van der Waals surface area contributed by atoms with Crippen LogP contribution in [-0.2, 0) is 0 Å². The molecule has 0 atom stereocenters. The summed E-state index contributed by atoms with van der Waals surface area (Å²) < 4.78 is 5.75. The number of hydrogen-bond acceptors (Lipinski definition) is 3. The molecule has 0 aliphatic rings. The molecule has 5 heteroatoms. The number of furan rings is 1. The summed E-state index contributed by atoms with van der Waals surface area (Å²) >= 11 is 3.18. The average molecular weight is 359 g/mol. The Morgan fingerprint density at radius 2 is 1.82 bits per heavy atom. The van der Waals surface area contributed by atoms with Crippen LogP contribution in [0.3, 0.4) is 0 Å². The second kappa shape index (κ2) is 6.66. The Morgan fingerprint density at radius 1 is 1.00 bits per heavy atom. The van der Waals surface area contributed by atoms with Crippen molar-refractivity contribution in [3.05, 3.63) is 65.0 Å². The summed E-state index contributed by atoms with van der Waals surface area (Å²) in [5, 5.41) is 8.52. The van der Waals surface area contributed by atoms with Gasteiger partial charge >= 0.3 is 0 Å². The van der Waals surface area contributed by atoms with Crippen molar-refractivity contribution in [2.24, 2.45) is 0 Å². The maximum atomic E-state index is 11.8. The lowest BCUT2D eigenvalue weighted by Crippen LogP contribution is -2.28. The number of amides is 1. The summed E-state index contributed by atoms with van der Waals surface area (Å²) in [6, 6.07) is 17.7. The Labute approximate surface area is 136 Å². The molecule has 0 radical (unpaired) electrons. The van der Waals surface area contributed by atoms with E-state index in [9.17, 15) is 4.79 Å². The molecule has 112 valence electrons. The van der Waals surface area contributed by atoms with Gasteiger partial charge in [0.25, 0.3) is 5.91 Å². The molecule has 22 heavy (non-hydrogen) atoms. The Bertz CT molecular complexity index is 793. The fourth-order valence-electron chi connectivity index (χ4n) is 2.28. The lowest BCUT2D eigenvalue weighted by Gasteiger charge is -2.10. The first-order valence-electron chi connectivity index (χ1n) is 6.99. The molecule has 2 N–H and O–H groups in total. The zero-order valence-electron chi connectivity index (χ0n) is 11.8. The number of carbonyl (C=O) groups excluding carboxylic acids is 1. The summed E-state index contributed by atoms with van der Waals surface area (Å²) in [4.78, 5) is 11.8. The molecule has 3 aromatic rings. The van der Waals surface area contributed by atoms with E-state index in [1.165, 1.54) is 10.8 Å². The van der Waals surface area contributed by atoms with Crippen molar-refractivity contribution in [2.45, 2.75) is 0 Å².